The van der Waals surface area contributed by atoms with Gasteiger partial charge in [-0.2, -0.15) is 0 Å². The van der Waals surface area contributed by atoms with Gasteiger partial charge in [-0.1, -0.05) is 6.04 Å². The van der Waals surface area contributed by atoms with Gasteiger partial charge in [-0.25, -0.2) is 0 Å². The van der Waals surface area contributed by atoms with E-state index in [1.54, 1.807) is 14.2 Å². The van der Waals surface area contributed by atoms with Gasteiger partial charge < -0.3 is 42.6 Å². The van der Waals surface area contributed by atoms with E-state index in [4.69, 9.17) is 42.6 Å². The molecule has 0 spiro atoms. The van der Waals surface area contributed by atoms with E-state index in [-0.39, 0.29) is 15.8 Å². The van der Waals surface area contributed by atoms with Crippen LogP contribution in [0.1, 0.15) is 25.7 Å². The highest BCUT2D eigenvalue weighted by molar-refractivity contribution is 6.37. The fourth-order valence-corrected chi connectivity index (χ4v) is 5.10. The van der Waals surface area contributed by atoms with Crippen LogP contribution in [0.25, 0.3) is 0 Å². The molecule has 10 heteroatoms. The predicted molar refractivity (Wildman–Crippen MR) is 124 cm³/mol. The van der Waals surface area contributed by atoms with Gasteiger partial charge >= 0.3 is 0 Å². The Morgan fingerprint density at radius 3 is 1.66 bits per heavy atom. The second kappa shape index (κ2) is 24.0. The van der Waals surface area contributed by atoms with Crippen molar-refractivity contribution in [2.75, 3.05) is 100 Å². The lowest BCUT2D eigenvalue weighted by Gasteiger charge is -2.23. The Balaban J connectivity index is 2.10. The first-order chi connectivity index (χ1) is 15.9. The van der Waals surface area contributed by atoms with Gasteiger partial charge in [-0.05, 0) is 25.7 Å². The second-order valence-corrected chi connectivity index (χ2v) is 9.72. The number of hydrogen-bond donors (Lipinski definition) is 0. The molecule has 1 rings (SSSR count). The van der Waals surface area contributed by atoms with Crippen LogP contribution in [0.4, 0.5) is 0 Å². The van der Waals surface area contributed by atoms with Crippen molar-refractivity contribution in [3.63, 3.8) is 0 Å². The van der Waals surface area contributed by atoms with Crippen molar-refractivity contribution in [1.82, 2.24) is 0 Å². The summed E-state index contributed by atoms with van der Waals surface area (Å²) in [6.45, 7) is 7.54. The molecule has 0 amide bonds. The molecule has 1 unspecified atom stereocenters. The number of rotatable bonds is 24. The number of methoxy groups -OCH3 is 2. The van der Waals surface area contributed by atoms with Gasteiger partial charge in [0.1, 0.15) is 0 Å². The van der Waals surface area contributed by atoms with Gasteiger partial charge in [0.15, 0.2) is 6.29 Å². The normalized spacial score (nSPS) is 17.2. The van der Waals surface area contributed by atoms with Gasteiger partial charge in [0.05, 0.1) is 88.8 Å². The minimum atomic E-state index is -0.270. The molecule has 0 aromatic heterocycles. The van der Waals surface area contributed by atoms with E-state index in [9.17, 15) is 0 Å². The zero-order valence-electron chi connectivity index (χ0n) is 20.3. The first kappa shape index (κ1) is 29.9. The molecule has 0 N–H and O–H groups in total. The molecule has 9 nitrogen and oxygen atoms in total. The van der Waals surface area contributed by atoms with Crippen LogP contribution in [0.3, 0.4) is 0 Å². The largest absolute Gasteiger partial charge is 0.382 e. The first-order valence-electron chi connectivity index (χ1n) is 12.0. The Morgan fingerprint density at radius 2 is 1.19 bits per heavy atom. The van der Waals surface area contributed by atoms with E-state index < -0.39 is 0 Å². The SMILES string of the molecule is COCCOCCOCCOC(CC[SiH2]C1CCCCO1)OCCOCCOCCOC. The van der Waals surface area contributed by atoms with Crippen molar-refractivity contribution < 1.29 is 42.6 Å². The molecule has 0 aromatic rings. The molecule has 0 radical (unpaired) electrons. The Kier molecular flexibility index (Phi) is 22.4. The summed E-state index contributed by atoms with van der Waals surface area (Å²) in [5.41, 5.74) is 0.521. The molecule has 192 valence electrons. The zero-order chi connectivity index (χ0) is 23.0. The van der Waals surface area contributed by atoms with Gasteiger partial charge in [-0.3, -0.25) is 0 Å². The van der Waals surface area contributed by atoms with Crippen molar-refractivity contribution in [3.8, 4) is 0 Å². The van der Waals surface area contributed by atoms with E-state index in [1.807, 2.05) is 0 Å². The fraction of sp³-hybridized carbons (Fsp3) is 1.00. The van der Waals surface area contributed by atoms with Crippen LogP contribution < -0.4 is 0 Å². The third-order valence-corrected chi connectivity index (χ3v) is 7.01. The van der Waals surface area contributed by atoms with Gasteiger partial charge in [-0.15, -0.1) is 0 Å². The third-order valence-electron chi connectivity index (χ3n) is 4.91. The van der Waals surface area contributed by atoms with Crippen molar-refractivity contribution in [1.29, 1.82) is 0 Å². The molecule has 1 fully saturated rings. The summed E-state index contributed by atoms with van der Waals surface area (Å²) in [4.78, 5) is 0. The summed E-state index contributed by atoms with van der Waals surface area (Å²) in [7, 11) is 3.05. The van der Waals surface area contributed by atoms with E-state index >= 15 is 0 Å². The molecule has 0 saturated carbocycles. The van der Waals surface area contributed by atoms with Crippen molar-refractivity contribution in [3.05, 3.63) is 0 Å². The standard InChI is InChI=1S/C22H46O9Si/c1-23-8-10-25-12-14-27-16-18-29-21(6-20-32-22-5-3-4-7-31-22)30-19-17-28-15-13-26-11-9-24-2/h21-22H,3-20,32H2,1-2H3. The maximum Gasteiger partial charge on any atom is 0.157 e. The minimum Gasteiger partial charge on any atom is -0.382 e. The highest BCUT2D eigenvalue weighted by Crippen LogP contribution is 2.14. The van der Waals surface area contributed by atoms with Crippen molar-refractivity contribution in [2.24, 2.45) is 0 Å². The van der Waals surface area contributed by atoms with Crippen LogP contribution in [0.5, 0.6) is 0 Å². The molecule has 1 aliphatic heterocycles. The van der Waals surface area contributed by atoms with E-state index in [2.05, 4.69) is 0 Å². The summed E-state index contributed by atoms with van der Waals surface area (Å²) in [6.07, 6.45) is 4.39. The maximum atomic E-state index is 5.93. The second-order valence-electron chi connectivity index (χ2n) is 7.53. The Morgan fingerprint density at radius 1 is 0.688 bits per heavy atom. The molecular weight excluding hydrogens is 436 g/mol. The molecule has 1 heterocycles. The van der Waals surface area contributed by atoms with E-state index in [0.717, 1.165) is 19.1 Å². The van der Waals surface area contributed by atoms with E-state index in [0.29, 0.717) is 85.0 Å². The lowest BCUT2D eigenvalue weighted by Crippen LogP contribution is -2.28. The topological polar surface area (TPSA) is 83.1 Å². The fourth-order valence-electron chi connectivity index (χ4n) is 3.17. The molecule has 1 saturated heterocycles. The predicted octanol–water partition coefficient (Wildman–Crippen LogP) is 1.21. The average molecular weight is 483 g/mol. The Labute approximate surface area is 196 Å². The number of ether oxygens (including phenoxy) is 9. The summed E-state index contributed by atoms with van der Waals surface area (Å²) < 4.78 is 49.5. The monoisotopic (exact) mass is 482 g/mol. The van der Waals surface area contributed by atoms with Crippen LogP contribution in [0.15, 0.2) is 0 Å². The summed E-state index contributed by atoms with van der Waals surface area (Å²) in [5, 5.41) is 0. The molecule has 1 aliphatic rings. The highest BCUT2D eigenvalue weighted by Gasteiger charge is 2.16. The van der Waals surface area contributed by atoms with E-state index in [1.165, 1.54) is 19.3 Å². The summed E-state index contributed by atoms with van der Waals surface area (Å²) >= 11 is 0. The van der Waals surface area contributed by atoms with Crippen LogP contribution in [0.2, 0.25) is 6.04 Å². The molecule has 1 atom stereocenters. The molecule has 0 aromatic carbocycles. The zero-order valence-corrected chi connectivity index (χ0v) is 21.7. The van der Waals surface area contributed by atoms with Gasteiger partial charge in [0.25, 0.3) is 0 Å². The smallest absolute Gasteiger partial charge is 0.157 e. The maximum absolute atomic E-state index is 5.93. The third kappa shape index (κ3) is 19.3. The lowest BCUT2D eigenvalue weighted by atomic mass is 10.2. The average Bonchev–Trinajstić information content (AvgIpc) is 2.82. The van der Waals surface area contributed by atoms with Crippen LogP contribution in [-0.2, 0) is 42.6 Å². The quantitative estimate of drug-likeness (QED) is 0.114. The Bertz CT molecular complexity index is 351. The first-order valence-corrected chi connectivity index (χ1v) is 13.8. The van der Waals surface area contributed by atoms with Crippen molar-refractivity contribution >= 4 is 9.52 Å². The van der Waals surface area contributed by atoms with Crippen LogP contribution in [0, 0.1) is 0 Å². The number of hydrogen-bond acceptors (Lipinski definition) is 9. The molecule has 32 heavy (non-hydrogen) atoms. The highest BCUT2D eigenvalue weighted by atomic mass is 28.2. The van der Waals surface area contributed by atoms with Crippen LogP contribution in [-0.4, -0.2) is 122 Å². The molecule has 0 bridgehead atoms. The van der Waals surface area contributed by atoms with Gasteiger partial charge in [0, 0.05) is 26.6 Å². The summed E-state index contributed by atoms with van der Waals surface area (Å²) in [5.74, 6) is 0. The summed E-state index contributed by atoms with van der Waals surface area (Å²) in [6, 6.07) is 1.15. The van der Waals surface area contributed by atoms with Crippen LogP contribution >= 0.6 is 0 Å². The van der Waals surface area contributed by atoms with Gasteiger partial charge in [0.2, 0.25) is 0 Å². The minimum absolute atomic E-state index is 0.228. The van der Waals surface area contributed by atoms with Crippen molar-refractivity contribution in [2.45, 2.75) is 43.7 Å². The Hall–Kier alpha value is -0.143. The molecular formula is C22H46O9Si. The molecule has 0 aliphatic carbocycles. The lowest BCUT2D eigenvalue weighted by molar-refractivity contribution is -0.160.